The average Bonchev–Trinajstić information content (AvgIpc) is 2.70. The first-order valence-electron chi connectivity index (χ1n) is 8.68. The van der Waals surface area contributed by atoms with Gasteiger partial charge in [-0.15, -0.1) is 0 Å². The van der Waals surface area contributed by atoms with Crippen molar-refractivity contribution in [1.29, 1.82) is 0 Å². The van der Waals surface area contributed by atoms with Gasteiger partial charge in [-0.25, -0.2) is 5.43 Å². The zero-order valence-electron chi connectivity index (χ0n) is 14.7. The third kappa shape index (κ3) is 6.59. The summed E-state index contributed by atoms with van der Waals surface area (Å²) in [6, 6.07) is 15.3. The van der Waals surface area contributed by atoms with Crippen LogP contribution in [0.2, 0.25) is 10.0 Å². The molecule has 0 fully saturated rings. The SMILES string of the molecule is Clc1ccc(C=CC(C=Cc2ccc(Cl)cc2)=NNC2=NCCCN2)cc1. The average molecular weight is 399 g/mol. The van der Waals surface area contributed by atoms with Gasteiger partial charge in [-0.1, -0.05) is 59.6 Å². The lowest BCUT2D eigenvalue weighted by atomic mass is 10.1. The molecular formula is C21H20Cl2N4. The number of allylic oxidation sites excluding steroid dienone is 2. The van der Waals surface area contributed by atoms with Gasteiger partial charge in [0.15, 0.2) is 0 Å². The molecule has 1 heterocycles. The molecule has 0 saturated carbocycles. The standard InChI is InChI=1S/C21H20Cl2N4/c22-18-8-2-16(3-9-18)6-12-20(26-27-21-24-14-1-15-25-21)13-7-17-4-10-19(23)11-5-17/h2-13H,1,14-15H2,(H2,24,25,27). The molecule has 138 valence electrons. The Morgan fingerprint density at radius 1 is 0.926 bits per heavy atom. The maximum absolute atomic E-state index is 5.94. The molecule has 3 rings (SSSR count). The summed E-state index contributed by atoms with van der Waals surface area (Å²) >= 11 is 11.9. The van der Waals surface area contributed by atoms with E-state index >= 15 is 0 Å². The Kier molecular flexibility index (Phi) is 7.08. The second-order valence-electron chi connectivity index (χ2n) is 5.93. The summed E-state index contributed by atoms with van der Waals surface area (Å²) in [5, 5.41) is 9.08. The Labute approximate surface area is 169 Å². The van der Waals surface area contributed by atoms with Gasteiger partial charge in [0, 0.05) is 23.1 Å². The zero-order valence-corrected chi connectivity index (χ0v) is 16.2. The smallest absolute Gasteiger partial charge is 0.212 e. The molecule has 0 spiro atoms. The maximum Gasteiger partial charge on any atom is 0.212 e. The number of halogens is 2. The number of hydrogen-bond donors (Lipinski definition) is 2. The first kappa shape index (κ1) is 19.2. The Morgan fingerprint density at radius 3 is 1.96 bits per heavy atom. The molecule has 0 radical (unpaired) electrons. The van der Waals surface area contributed by atoms with E-state index in [1.54, 1.807) is 0 Å². The number of guanidine groups is 1. The maximum atomic E-state index is 5.94. The van der Waals surface area contributed by atoms with Gasteiger partial charge in [-0.2, -0.15) is 5.10 Å². The minimum Gasteiger partial charge on any atom is -0.355 e. The Balaban J connectivity index is 1.77. The van der Waals surface area contributed by atoms with Crippen LogP contribution >= 0.6 is 23.2 Å². The van der Waals surface area contributed by atoms with Gasteiger partial charge >= 0.3 is 0 Å². The third-order valence-electron chi connectivity index (χ3n) is 3.82. The third-order valence-corrected chi connectivity index (χ3v) is 4.33. The number of benzene rings is 2. The fraction of sp³-hybridized carbons (Fsp3) is 0.143. The van der Waals surface area contributed by atoms with Gasteiger partial charge in [0.2, 0.25) is 5.96 Å². The highest BCUT2D eigenvalue weighted by atomic mass is 35.5. The van der Waals surface area contributed by atoms with Gasteiger partial charge in [-0.05, 0) is 54.0 Å². The van der Waals surface area contributed by atoms with Crippen molar-refractivity contribution >= 4 is 47.0 Å². The van der Waals surface area contributed by atoms with Crippen LogP contribution in [0, 0.1) is 0 Å². The topological polar surface area (TPSA) is 48.8 Å². The number of aliphatic imine (C=N–C) groups is 1. The van der Waals surface area contributed by atoms with Crippen molar-refractivity contribution in [3.05, 3.63) is 81.9 Å². The summed E-state index contributed by atoms with van der Waals surface area (Å²) in [6.45, 7) is 1.71. The number of rotatable bonds is 5. The summed E-state index contributed by atoms with van der Waals surface area (Å²) in [5.74, 6) is 0.693. The highest BCUT2D eigenvalue weighted by Crippen LogP contribution is 2.12. The van der Waals surface area contributed by atoms with Gasteiger partial charge in [-0.3, -0.25) is 4.99 Å². The van der Waals surface area contributed by atoms with E-state index < -0.39 is 0 Å². The van der Waals surface area contributed by atoms with Crippen LogP contribution in [-0.2, 0) is 0 Å². The fourth-order valence-corrected chi connectivity index (χ4v) is 2.62. The Hall–Kier alpha value is -2.56. The monoisotopic (exact) mass is 398 g/mol. The van der Waals surface area contributed by atoms with E-state index in [0.29, 0.717) is 16.0 Å². The van der Waals surface area contributed by atoms with Gasteiger partial charge in [0.05, 0.1) is 5.71 Å². The molecule has 2 N–H and O–H groups in total. The lowest BCUT2D eigenvalue weighted by Gasteiger charge is -2.13. The summed E-state index contributed by atoms with van der Waals surface area (Å²) in [4.78, 5) is 4.37. The highest BCUT2D eigenvalue weighted by Gasteiger charge is 2.01. The molecule has 4 nitrogen and oxygen atoms in total. The molecule has 1 aliphatic heterocycles. The predicted octanol–water partition coefficient (Wildman–Crippen LogP) is 5.01. The molecule has 0 unspecified atom stereocenters. The Bertz CT molecular complexity index is 809. The van der Waals surface area contributed by atoms with E-state index in [9.17, 15) is 0 Å². The van der Waals surface area contributed by atoms with E-state index in [2.05, 4.69) is 20.8 Å². The molecular weight excluding hydrogens is 379 g/mol. The minimum atomic E-state index is 0.693. The van der Waals surface area contributed by atoms with Crippen LogP contribution in [0.3, 0.4) is 0 Å². The van der Waals surface area contributed by atoms with Crippen LogP contribution in [0.5, 0.6) is 0 Å². The summed E-state index contributed by atoms with van der Waals surface area (Å²) in [7, 11) is 0. The van der Waals surface area contributed by atoms with Gasteiger partial charge in [0.1, 0.15) is 0 Å². The second-order valence-corrected chi connectivity index (χ2v) is 6.80. The molecule has 6 heteroatoms. The first-order valence-corrected chi connectivity index (χ1v) is 9.44. The van der Waals surface area contributed by atoms with E-state index in [1.165, 1.54) is 0 Å². The molecule has 0 amide bonds. The van der Waals surface area contributed by atoms with Crippen molar-refractivity contribution in [2.75, 3.05) is 13.1 Å². The lowest BCUT2D eigenvalue weighted by Crippen LogP contribution is -2.38. The predicted molar refractivity (Wildman–Crippen MR) is 116 cm³/mol. The lowest BCUT2D eigenvalue weighted by molar-refractivity contribution is 0.711. The van der Waals surface area contributed by atoms with Crippen molar-refractivity contribution < 1.29 is 0 Å². The number of hydrazone groups is 1. The summed E-state index contributed by atoms with van der Waals surface area (Å²) in [5.41, 5.74) is 5.84. The zero-order chi connectivity index (χ0) is 18.9. The van der Waals surface area contributed by atoms with E-state index in [1.807, 2.05) is 72.8 Å². The van der Waals surface area contributed by atoms with E-state index in [0.717, 1.165) is 36.3 Å². The van der Waals surface area contributed by atoms with Crippen LogP contribution in [0.15, 0.2) is 70.8 Å². The van der Waals surface area contributed by atoms with Gasteiger partial charge < -0.3 is 5.32 Å². The molecule has 0 bridgehead atoms. The van der Waals surface area contributed by atoms with Crippen LogP contribution in [0.25, 0.3) is 12.2 Å². The van der Waals surface area contributed by atoms with Crippen LogP contribution < -0.4 is 10.7 Å². The van der Waals surface area contributed by atoms with Crippen molar-refractivity contribution in [2.45, 2.75) is 6.42 Å². The van der Waals surface area contributed by atoms with Crippen molar-refractivity contribution in [3.8, 4) is 0 Å². The van der Waals surface area contributed by atoms with Crippen molar-refractivity contribution in [1.82, 2.24) is 10.7 Å². The molecule has 0 saturated heterocycles. The van der Waals surface area contributed by atoms with E-state index in [-0.39, 0.29) is 0 Å². The summed E-state index contributed by atoms with van der Waals surface area (Å²) in [6.07, 6.45) is 8.88. The van der Waals surface area contributed by atoms with Crippen molar-refractivity contribution in [3.63, 3.8) is 0 Å². The minimum absolute atomic E-state index is 0.693. The quantitative estimate of drug-likeness (QED) is 0.548. The second kappa shape index (κ2) is 9.95. The van der Waals surface area contributed by atoms with E-state index in [4.69, 9.17) is 23.2 Å². The number of nitrogens with one attached hydrogen (secondary N) is 2. The molecule has 2 aromatic carbocycles. The number of hydrogen-bond acceptors (Lipinski definition) is 4. The number of nitrogens with zero attached hydrogens (tertiary/aromatic N) is 2. The normalized spacial score (nSPS) is 14.1. The van der Waals surface area contributed by atoms with Crippen LogP contribution in [-0.4, -0.2) is 24.8 Å². The van der Waals surface area contributed by atoms with Crippen LogP contribution in [0.1, 0.15) is 17.5 Å². The highest BCUT2D eigenvalue weighted by molar-refractivity contribution is 6.30. The summed E-state index contributed by atoms with van der Waals surface area (Å²) < 4.78 is 0. The fourth-order valence-electron chi connectivity index (χ4n) is 2.37. The molecule has 0 aliphatic carbocycles. The van der Waals surface area contributed by atoms with Crippen LogP contribution in [0.4, 0.5) is 0 Å². The van der Waals surface area contributed by atoms with Gasteiger partial charge in [0.25, 0.3) is 0 Å². The molecule has 0 aromatic heterocycles. The first-order chi connectivity index (χ1) is 13.2. The molecule has 1 aliphatic rings. The van der Waals surface area contributed by atoms with Crippen molar-refractivity contribution in [2.24, 2.45) is 10.1 Å². The molecule has 27 heavy (non-hydrogen) atoms. The molecule has 2 aromatic rings. The largest absolute Gasteiger partial charge is 0.355 e. The molecule has 0 atom stereocenters. The Morgan fingerprint density at radius 2 is 1.48 bits per heavy atom.